The standard InChI is InChI=1S/C23H28FN3O2/c1-15(2)11-22(28)26-20-8-7-18(12-16(20)3)23(29)27-10-9-25-14-21(27)17-5-4-6-19(24)13-17/h4-8,12-13,15,21,25H,9-11,14H2,1-3H3,(H,26,28). The zero-order valence-electron chi connectivity index (χ0n) is 17.2. The van der Waals surface area contributed by atoms with Gasteiger partial charge in [-0.1, -0.05) is 26.0 Å². The van der Waals surface area contributed by atoms with Gasteiger partial charge in [0, 0.05) is 37.3 Å². The molecular formula is C23H28FN3O2. The van der Waals surface area contributed by atoms with Crippen LogP contribution in [0, 0.1) is 18.7 Å². The number of carbonyl (C=O) groups excluding carboxylic acids is 2. The third-order valence-electron chi connectivity index (χ3n) is 5.08. The van der Waals surface area contributed by atoms with Gasteiger partial charge in [0.2, 0.25) is 5.91 Å². The number of aryl methyl sites for hydroxylation is 1. The molecule has 0 spiro atoms. The van der Waals surface area contributed by atoms with Gasteiger partial charge < -0.3 is 15.5 Å². The Balaban J connectivity index is 1.79. The van der Waals surface area contributed by atoms with Gasteiger partial charge in [0.1, 0.15) is 5.82 Å². The van der Waals surface area contributed by atoms with Crippen molar-refractivity contribution in [2.45, 2.75) is 33.2 Å². The number of nitrogens with one attached hydrogen (secondary N) is 2. The highest BCUT2D eigenvalue weighted by molar-refractivity contribution is 5.97. The summed E-state index contributed by atoms with van der Waals surface area (Å²) >= 11 is 0. The minimum atomic E-state index is -0.308. The van der Waals surface area contributed by atoms with Crippen molar-refractivity contribution in [3.63, 3.8) is 0 Å². The Labute approximate surface area is 171 Å². The van der Waals surface area contributed by atoms with E-state index in [0.717, 1.165) is 11.1 Å². The predicted octanol–water partition coefficient (Wildman–Crippen LogP) is 3.91. The van der Waals surface area contributed by atoms with E-state index in [9.17, 15) is 14.0 Å². The molecule has 1 heterocycles. The van der Waals surface area contributed by atoms with E-state index in [1.807, 2.05) is 26.8 Å². The molecule has 0 aromatic heterocycles. The molecule has 29 heavy (non-hydrogen) atoms. The summed E-state index contributed by atoms with van der Waals surface area (Å²) in [6.07, 6.45) is 0.455. The molecule has 0 saturated carbocycles. The van der Waals surface area contributed by atoms with Gasteiger partial charge in [0.05, 0.1) is 6.04 Å². The topological polar surface area (TPSA) is 61.4 Å². The fourth-order valence-corrected chi connectivity index (χ4v) is 3.63. The number of carbonyl (C=O) groups is 2. The fourth-order valence-electron chi connectivity index (χ4n) is 3.63. The summed E-state index contributed by atoms with van der Waals surface area (Å²) in [7, 11) is 0. The van der Waals surface area contributed by atoms with Gasteiger partial charge in [-0.05, 0) is 54.3 Å². The number of halogens is 1. The molecule has 1 unspecified atom stereocenters. The summed E-state index contributed by atoms with van der Waals surface area (Å²) in [4.78, 5) is 27.1. The molecular weight excluding hydrogens is 369 g/mol. The smallest absolute Gasteiger partial charge is 0.254 e. The van der Waals surface area contributed by atoms with Gasteiger partial charge in [0.15, 0.2) is 0 Å². The van der Waals surface area contributed by atoms with Crippen LogP contribution in [0.2, 0.25) is 0 Å². The van der Waals surface area contributed by atoms with Crippen molar-refractivity contribution in [3.8, 4) is 0 Å². The van der Waals surface area contributed by atoms with E-state index in [2.05, 4.69) is 10.6 Å². The van der Waals surface area contributed by atoms with Crippen LogP contribution < -0.4 is 10.6 Å². The molecule has 1 saturated heterocycles. The summed E-state index contributed by atoms with van der Waals surface area (Å²) in [5.41, 5.74) is 2.90. The van der Waals surface area contributed by atoms with Crippen molar-refractivity contribution in [1.82, 2.24) is 10.2 Å². The lowest BCUT2D eigenvalue weighted by Crippen LogP contribution is -2.48. The number of rotatable bonds is 5. The first kappa shape index (κ1) is 21.0. The molecule has 2 aromatic rings. The molecule has 2 amide bonds. The van der Waals surface area contributed by atoms with Crippen LogP contribution in [-0.2, 0) is 4.79 Å². The second kappa shape index (κ2) is 9.18. The van der Waals surface area contributed by atoms with E-state index in [0.29, 0.717) is 37.3 Å². The summed E-state index contributed by atoms with van der Waals surface area (Å²) in [6, 6.07) is 11.5. The third kappa shape index (κ3) is 5.21. The third-order valence-corrected chi connectivity index (χ3v) is 5.08. The number of benzene rings is 2. The van der Waals surface area contributed by atoms with E-state index in [-0.39, 0.29) is 29.6 Å². The summed E-state index contributed by atoms with van der Waals surface area (Å²) in [6.45, 7) is 7.69. The lowest BCUT2D eigenvalue weighted by molar-refractivity contribution is -0.116. The molecule has 154 valence electrons. The monoisotopic (exact) mass is 397 g/mol. The van der Waals surface area contributed by atoms with Gasteiger partial charge >= 0.3 is 0 Å². The van der Waals surface area contributed by atoms with Gasteiger partial charge in [-0.25, -0.2) is 4.39 Å². The van der Waals surface area contributed by atoms with Crippen LogP contribution >= 0.6 is 0 Å². The van der Waals surface area contributed by atoms with Crippen LogP contribution in [0.15, 0.2) is 42.5 Å². The number of anilines is 1. The molecule has 3 rings (SSSR count). The molecule has 5 nitrogen and oxygen atoms in total. The van der Waals surface area contributed by atoms with Crippen LogP contribution in [0.4, 0.5) is 10.1 Å². The van der Waals surface area contributed by atoms with Crippen molar-refractivity contribution in [1.29, 1.82) is 0 Å². The SMILES string of the molecule is Cc1cc(C(=O)N2CCNCC2c2cccc(F)c2)ccc1NC(=O)CC(C)C. The molecule has 2 aromatic carbocycles. The second-order valence-electron chi connectivity index (χ2n) is 7.95. The molecule has 0 bridgehead atoms. The average Bonchev–Trinajstić information content (AvgIpc) is 2.68. The molecule has 1 aliphatic heterocycles. The van der Waals surface area contributed by atoms with E-state index in [1.54, 1.807) is 29.2 Å². The Hall–Kier alpha value is -2.73. The maximum atomic E-state index is 13.7. The first-order valence-electron chi connectivity index (χ1n) is 10.0. The Morgan fingerprint density at radius 2 is 2.03 bits per heavy atom. The van der Waals surface area contributed by atoms with Crippen LogP contribution in [0.1, 0.15) is 47.8 Å². The first-order chi connectivity index (χ1) is 13.8. The van der Waals surface area contributed by atoms with Crippen molar-refractivity contribution in [2.24, 2.45) is 5.92 Å². The quantitative estimate of drug-likeness (QED) is 0.804. The van der Waals surface area contributed by atoms with E-state index in [1.165, 1.54) is 12.1 Å². The number of nitrogens with zero attached hydrogens (tertiary/aromatic N) is 1. The highest BCUT2D eigenvalue weighted by Gasteiger charge is 2.29. The molecule has 1 aliphatic rings. The van der Waals surface area contributed by atoms with Gasteiger partial charge in [0.25, 0.3) is 5.91 Å². The zero-order chi connectivity index (χ0) is 21.0. The van der Waals surface area contributed by atoms with Crippen molar-refractivity contribution >= 4 is 17.5 Å². The minimum absolute atomic E-state index is 0.0320. The Bertz CT molecular complexity index is 897. The minimum Gasteiger partial charge on any atom is -0.329 e. The fraction of sp³-hybridized carbons (Fsp3) is 0.391. The van der Waals surface area contributed by atoms with Crippen LogP contribution in [0.3, 0.4) is 0 Å². The lowest BCUT2D eigenvalue weighted by atomic mass is 10.0. The van der Waals surface area contributed by atoms with Crippen LogP contribution in [0.5, 0.6) is 0 Å². The van der Waals surface area contributed by atoms with Crippen molar-refractivity contribution < 1.29 is 14.0 Å². The van der Waals surface area contributed by atoms with Gasteiger partial charge in [-0.2, -0.15) is 0 Å². The number of hydrogen-bond acceptors (Lipinski definition) is 3. The zero-order valence-corrected chi connectivity index (χ0v) is 17.2. The molecule has 6 heteroatoms. The molecule has 1 fully saturated rings. The summed E-state index contributed by atoms with van der Waals surface area (Å²) < 4.78 is 13.7. The largest absolute Gasteiger partial charge is 0.329 e. The number of hydrogen-bond donors (Lipinski definition) is 2. The highest BCUT2D eigenvalue weighted by Crippen LogP contribution is 2.26. The number of amides is 2. The highest BCUT2D eigenvalue weighted by atomic mass is 19.1. The van der Waals surface area contributed by atoms with E-state index < -0.39 is 0 Å². The maximum Gasteiger partial charge on any atom is 0.254 e. The Morgan fingerprint density at radius 1 is 1.24 bits per heavy atom. The number of piperazine rings is 1. The summed E-state index contributed by atoms with van der Waals surface area (Å²) in [5, 5.41) is 6.20. The van der Waals surface area contributed by atoms with Crippen molar-refractivity contribution in [2.75, 3.05) is 25.0 Å². The molecule has 0 radical (unpaired) electrons. The van der Waals surface area contributed by atoms with Crippen molar-refractivity contribution in [3.05, 3.63) is 65.0 Å². The van der Waals surface area contributed by atoms with Gasteiger partial charge in [-0.15, -0.1) is 0 Å². The Morgan fingerprint density at radius 3 is 2.72 bits per heavy atom. The van der Waals surface area contributed by atoms with Crippen LogP contribution in [0.25, 0.3) is 0 Å². The molecule has 1 atom stereocenters. The molecule has 2 N–H and O–H groups in total. The summed E-state index contributed by atoms with van der Waals surface area (Å²) in [5.74, 6) is -0.152. The average molecular weight is 397 g/mol. The first-order valence-corrected chi connectivity index (χ1v) is 10.0. The Kier molecular flexibility index (Phi) is 6.64. The second-order valence-corrected chi connectivity index (χ2v) is 7.95. The van der Waals surface area contributed by atoms with E-state index >= 15 is 0 Å². The maximum absolute atomic E-state index is 13.7. The molecule has 0 aliphatic carbocycles. The van der Waals surface area contributed by atoms with E-state index in [4.69, 9.17) is 0 Å². The van der Waals surface area contributed by atoms with Gasteiger partial charge in [-0.3, -0.25) is 9.59 Å². The van der Waals surface area contributed by atoms with Crippen LogP contribution in [-0.4, -0.2) is 36.3 Å². The normalized spacial score (nSPS) is 16.7. The lowest BCUT2D eigenvalue weighted by Gasteiger charge is -2.36. The predicted molar refractivity (Wildman–Crippen MR) is 112 cm³/mol.